The fraction of sp³-hybridized carbons (Fsp3) is 0.500. The van der Waals surface area contributed by atoms with E-state index >= 15 is 0 Å². The molecule has 1 aliphatic rings. The molecule has 0 aliphatic carbocycles. The molecule has 0 unspecified atom stereocenters. The highest BCUT2D eigenvalue weighted by Crippen LogP contribution is 2.32. The van der Waals surface area contributed by atoms with Gasteiger partial charge in [-0.15, -0.1) is 0 Å². The molecule has 0 spiro atoms. The summed E-state index contributed by atoms with van der Waals surface area (Å²) in [7, 11) is 0. The number of benzene rings is 1. The van der Waals surface area contributed by atoms with Gasteiger partial charge in [-0.05, 0) is 31.2 Å². The van der Waals surface area contributed by atoms with Crippen LogP contribution in [0.3, 0.4) is 0 Å². The first-order valence-corrected chi connectivity index (χ1v) is 12.3. The first-order chi connectivity index (χ1) is 16.7. The number of fused-ring (bicyclic) bond motifs is 1. The molecule has 0 amide bonds. The van der Waals surface area contributed by atoms with Gasteiger partial charge in [0, 0.05) is 45.9 Å². The molecule has 3 heterocycles. The Morgan fingerprint density at radius 3 is 2.65 bits per heavy atom. The Bertz CT molecular complexity index is 1170. The van der Waals surface area contributed by atoms with Crippen molar-refractivity contribution in [3.05, 3.63) is 58.1 Å². The Balaban J connectivity index is 1.68. The van der Waals surface area contributed by atoms with E-state index in [-0.39, 0.29) is 5.56 Å². The molecule has 8 heteroatoms. The fourth-order valence-corrected chi connectivity index (χ4v) is 4.58. The van der Waals surface area contributed by atoms with Gasteiger partial charge in [-0.1, -0.05) is 37.3 Å². The molecule has 1 saturated heterocycles. The second-order valence-corrected chi connectivity index (χ2v) is 8.73. The molecule has 0 saturated carbocycles. The third kappa shape index (κ3) is 5.32. The topological polar surface area (TPSA) is 88.1 Å². The summed E-state index contributed by atoms with van der Waals surface area (Å²) in [6.07, 6.45) is 5.95. The maximum absolute atomic E-state index is 13.6. The maximum Gasteiger partial charge on any atom is 0.278 e. The van der Waals surface area contributed by atoms with Crippen molar-refractivity contribution >= 4 is 16.9 Å². The molecule has 0 atom stereocenters. The predicted molar refractivity (Wildman–Crippen MR) is 134 cm³/mol. The zero-order valence-corrected chi connectivity index (χ0v) is 20.0. The average Bonchev–Trinajstić information content (AvgIpc) is 3.19. The number of anilines is 1. The Kier molecular flexibility index (Phi) is 8.34. The van der Waals surface area contributed by atoms with Gasteiger partial charge in [0.15, 0.2) is 0 Å². The van der Waals surface area contributed by atoms with Crippen molar-refractivity contribution in [1.29, 1.82) is 5.26 Å². The van der Waals surface area contributed by atoms with E-state index in [1.807, 2.05) is 22.8 Å². The SMILES string of the molecule is CCCOCCNCCn1cnc2c(C#N)c(N3CCCCC3)n(Cc3ccccc3)c2c1=O. The number of hydrogen-bond donors (Lipinski definition) is 1. The zero-order valence-electron chi connectivity index (χ0n) is 20.0. The van der Waals surface area contributed by atoms with E-state index in [4.69, 9.17) is 4.74 Å². The highest BCUT2D eigenvalue weighted by atomic mass is 16.5. The average molecular weight is 463 g/mol. The van der Waals surface area contributed by atoms with Crippen LogP contribution in [0.4, 0.5) is 5.82 Å². The Morgan fingerprint density at radius 2 is 1.91 bits per heavy atom. The quantitative estimate of drug-likeness (QED) is 0.441. The second-order valence-electron chi connectivity index (χ2n) is 8.73. The minimum absolute atomic E-state index is 0.107. The smallest absolute Gasteiger partial charge is 0.278 e. The molecule has 1 aromatic carbocycles. The van der Waals surface area contributed by atoms with Crippen LogP contribution in [0, 0.1) is 11.3 Å². The van der Waals surface area contributed by atoms with Gasteiger partial charge in [-0.3, -0.25) is 9.36 Å². The molecule has 180 valence electrons. The molecular weight excluding hydrogens is 428 g/mol. The lowest BCUT2D eigenvalue weighted by atomic mass is 10.1. The number of piperidine rings is 1. The lowest BCUT2D eigenvalue weighted by Gasteiger charge is -2.30. The second kappa shape index (κ2) is 11.8. The summed E-state index contributed by atoms with van der Waals surface area (Å²) in [5.74, 6) is 0.828. The molecular formula is C26H34N6O2. The van der Waals surface area contributed by atoms with Crippen molar-refractivity contribution in [2.75, 3.05) is 44.3 Å². The summed E-state index contributed by atoms with van der Waals surface area (Å²) >= 11 is 0. The van der Waals surface area contributed by atoms with E-state index in [9.17, 15) is 10.1 Å². The number of ether oxygens (including phenoxy) is 1. The van der Waals surface area contributed by atoms with Crippen molar-refractivity contribution in [3.8, 4) is 6.07 Å². The van der Waals surface area contributed by atoms with Gasteiger partial charge in [0.2, 0.25) is 0 Å². The van der Waals surface area contributed by atoms with Crippen LogP contribution in [-0.2, 0) is 17.8 Å². The monoisotopic (exact) mass is 462 g/mol. The Labute approximate surface area is 200 Å². The molecule has 0 bridgehead atoms. The van der Waals surface area contributed by atoms with Crippen molar-refractivity contribution in [2.45, 2.75) is 45.7 Å². The molecule has 34 heavy (non-hydrogen) atoms. The summed E-state index contributed by atoms with van der Waals surface area (Å²) in [6, 6.07) is 12.5. The predicted octanol–water partition coefficient (Wildman–Crippen LogP) is 3.12. The van der Waals surface area contributed by atoms with Crippen LogP contribution < -0.4 is 15.8 Å². The van der Waals surface area contributed by atoms with E-state index in [0.717, 1.165) is 56.9 Å². The third-order valence-electron chi connectivity index (χ3n) is 6.25. The summed E-state index contributed by atoms with van der Waals surface area (Å²) in [4.78, 5) is 20.5. The first-order valence-electron chi connectivity index (χ1n) is 12.3. The van der Waals surface area contributed by atoms with E-state index in [0.29, 0.717) is 42.8 Å². The normalized spacial score (nSPS) is 13.9. The fourth-order valence-electron chi connectivity index (χ4n) is 4.58. The maximum atomic E-state index is 13.6. The van der Waals surface area contributed by atoms with Gasteiger partial charge < -0.3 is 19.5 Å². The summed E-state index contributed by atoms with van der Waals surface area (Å²) in [5, 5.41) is 13.4. The summed E-state index contributed by atoms with van der Waals surface area (Å²) in [6.45, 7) is 7.71. The zero-order chi connectivity index (χ0) is 23.8. The highest BCUT2D eigenvalue weighted by molar-refractivity contribution is 5.89. The molecule has 2 aromatic heterocycles. The minimum atomic E-state index is -0.107. The standard InChI is InChI=1S/C26H34N6O2/c1-2-16-34-17-12-28-11-15-31-20-29-23-22(18-27)25(30-13-7-4-8-14-30)32(24(23)26(31)33)19-21-9-5-3-6-10-21/h3,5-6,9-10,20,28H,2,4,7-8,11-17,19H2,1H3. The van der Waals surface area contributed by atoms with E-state index < -0.39 is 0 Å². The molecule has 0 radical (unpaired) electrons. The number of nitriles is 1. The lowest BCUT2D eigenvalue weighted by Crippen LogP contribution is -2.33. The molecule has 1 fully saturated rings. The first kappa shape index (κ1) is 24.0. The molecule has 3 aromatic rings. The van der Waals surface area contributed by atoms with Crippen molar-refractivity contribution in [2.24, 2.45) is 0 Å². The Morgan fingerprint density at radius 1 is 1.12 bits per heavy atom. The third-order valence-corrected chi connectivity index (χ3v) is 6.25. The van der Waals surface area contributed by atoms with Crippen LogP contribution in [0.25, 0.3) is 11.0 Å². The van der Waals surface area contributed by atoms with Gasteiger partial charge in [0.25, 0.3) is 5.56 Å². The van der Waals surface area contributed by atoms with Crippen LogP contribution >= 0.6 is 0 Å². The van der Waals surface area contributed by atoms with E-state index in [1.165, 1.54) is 6.42 Å². The number of nitrogens with one attached hydrogen (secondary N) is 1. The van der Waals surface area contributed by atoms with Gasteiger partial charge >= 0.3 is 0 Å². The molecule has 1 aliphatic heterocycles. The number of rotatable bonds is 11. The molecule has 1 N–H and O–H groups in total. The van der Waals surface area contributed by atoms with Crippen LogP contribution in [0.5, 0.6) is 0 Å². The van der Waals surface area contributed by atoms with Crippen molar-refractivity contribution in [1.82, 2.24) is 19.4 Å². The highest BCUT2D eigenvalue weighted by Gasteiger charge is 2.26. The van der Waals surface area contributed by atoms with Crippen molar-refractivity contribution in [3.63, 3.8) is 0 Å². The number of nitrogens with zero attached hydrogens (tertiary/aromatic N) is 5. The molecule has 4 rings (SSSR count). The van der Waals surface area contributed by atoms with Crippen LogP contribution in [0.1, 0.15) is 43.7 Å². The number of hydrogen-bond acceptors (Lipinski definition) is 6. The lowest BCUT2D eigenvalue weighted by molar-refractivity contribution is 0.136. The minimum Gasteiger partial charge on any atom is -0.380 e. The number of aromatic nitrogens is 3. The largest absolute Gasteiger partial charge is 0.380 e. The van der Waals surface area contributed by atoms with Crippen LogP contribution in [0.2, 0.25) is 0 Å². The summed E-state index contributed by atoms with van der Waals surface area (Å²) in [5.41, 5.74) is 2.50. The van der Waals surface area contributed by atoms with Crippen LogP contribution in [0.15, 0.2) is 41.5 Å². The van der Waals surface area contributed by atoms with Gasteiger partial charge in [-0.25, -0.2) is 4.98 Å². The van der Waals surface area contributed by atoms with E-state index in [1.54, 1.807) is 10.9 Å². The van der Waals surface area contributed by atoms with Gasteiger partial charge in [-0.2, -0.15) is 5.26 Å². The van der Waals surface area contributed by atoms with Crippen molar-refractivity contribution < 1.29 is 4.74 Å². The summed E-state index contributed by atoms with van der Waals surface area (Å²) < 4.78 is 9.16. The molecule has 8 nitrogen and oxygen atoms in total. The van der Waals surface area contributed by atoms with Gasteiger partial charge in [0.05, 0.1) is 12.9 Å². The van der Waals surface area contributed by atoms with E-state index in [2.05, 4.69) is 40.3 Å². The van der Waals surface area contributed by atoms with Gasteiger partial charge in [0.1, 0.15) is 28.5 Å². The van der Waals surface area contributed by atoms with Crippen LogP contribution in [-0.4, -0.2) is 53.5 Å². The Hall–Kier alpha value is -3.15.